The first-order valence-electron chi connectivity index (χ1n) is 8.71. The van der Waals surface area contributed by atoms with Gasteiger partial charge in [0.2, 0.25) is 11.8 Å². The molecular formula is C17H28N4O3. The molecule has 2 N–H and O–H groups in total. The summed E-state index contributed by atoms with van der Waals surface area (Å²) in [7, 11) is 3.59. The van der Waals surface area contributed by atoms with Crippen molar-refractivity contribution in [1.82, 2.24) is 14.7 Å². The lowest BCUT2D eigenvalue weighted by atomic mass is 9.84. The molecule has 3 heterocycles. The summed E-state index contributed by atoms with van der Waals surface area (Å²) < 4.78 is 13.1. The summed E-state index contributed by atoms with van der Waals surface area (Å²) >= 11 is 0. The number of piperidine rings is 1. The number of likely N-dealkylation sites (tertiary alicyclic amines) is 1. The Morgan fingerprint density at radius 1 is 1.38 bits per heavy atom. The third-order valence-corrected chi connectivity index (χ3v) is 5.46. The number of hydrogen-bond donors (Lipinski definition) is 1. The molecule has 0 bridgehead atoms. The SMILES string of the molecule is COc1c(CN2CCC([C@H]3OCC[C@@H]3C(N)=O)CC2)c(C)nn1C. The van der Waals surface area contributed by atoms with Gasteiger partial charge in [0.25, 0.3) is 0 Å². The largest absolute Gasteiger partial charge is 0.481 e. The first-order valence-corrected chi connectivity index (χ1v) is 8.71. The van der Waals surface area contributed by atoms with Crippen LogP contribution in [0.3, 0.4) is 0 Å². The zero-order valence-corrected chi connectivity index (χ0v) is 14.8. The Labute approximate surface area is 143 Å². The van der Waals surface area contributed by atoms with Gasteiger partial charge in [0, 0.05) is 20.2 Å². The number of nitrogens with zero attached hydrogens (tertiary/aromatic N) is 3. The Hall–Kier alpha value is -1.60. The van der Waals surface area contributed by atoms with Gasteiger partial charge in [-0.05, 0) is 45.2 Å². The number of primary amides is 1. The van der Waals surface area contributed by atoms with E-state index in [4.69, 9.17) is 15.2 Å². The number of amides is 1. The average Bonchev–Trinajstić information content (AvgIpc) is 3.14. The van der Waals surface area contributed by atoms with Crippen LogP contribution in [-0.2, 0) is 23.1 Å². The van der Waals surface area contributed by atoms with Crippen LogP contribution in [0.4, 0.5) is 0 Å². The van der Waals surface area contributed by atoms with Crippen molar-refractivity contribution in [3.63, 3.8) is 0 Å². The highest BCUT2D eigenvalue weighted by Crippen LogP contribution is 2.34. The number of rotatable bonds is 5. The number of methoxy groups -OCH3 is 1. The lowest BCUT2D eigenvalue weighted by Gasteiger charge is -2.35. The molecule has 2 saturated heterocycles. The van der Waals surface area contributed by atoms with Crippen molar-refractivity contribution < 1.29 is 14.3 Å². The predicted molar refractivity (Wildman–Crippen MR) is 89.5 cm³/mol. The van der Waals surface area contributed by atoms with Gasteiger partial charge >= 0.3 is 0 Å². The number of aryl methyl sites for hydroxylation is 2. The Bertz CT molecular complexity index is 593. The van der Waals surface area contributed by atoms with Gasteiger partial charge in [-0.3, -0.25) is 9.69 Å². The Morgan fingerprint density at radius 2 is 2.08 bits per heavy atom. The van der Waals surface area contributed by atoms with E-state index in [1.54, 1.807) is 11.8 Å². The van der Waals surface area contributed by atoms with Crippen molar-refractivity contribution in [1.29, 1.82) is 0 Å². The standard InChI is InChI=1S/C17H28N4O3/c1-11-14(17(23-3)20(2)19-11)10-21-7-4-12(5-8-21)15-13(16(18)22)6-9-24-15/h12-13,15H,4-10H2,1-3H3,(H2,18,22)/t13-,15+/m0/s1. The molecule has 0 spiro atoms. The quantitative estimate of drug-likeness (QED) is 0.861. The summed E-state index contributed by atoms with van der Waals surface area (Å²) in [6.07, 6.45) is 2.86. The first-order chi connectivity index (χ1) is 11.5. The summed E-state index contributed by atoms with van der Waals surface area (Å²) in [5, 5.41) is 4.45. The topological polar surface area (TPSA) is 82.6 Å². The fourth-order valence-electron chi connectivity index (χ4n) is 4.16. The van der Waals surface area contributed by atoms with Gasteiger partial charge in [0.1, 0.15) is 0 Å². The van der Waals surface area contributed by atoms with Crippen LogP contribution in [0.15, 0.2) is 0 Å². The number of carbonyl (C=O) groups is 1. The molecule has 7 nitrogen and oxygen atoms in total. The van der Waals surface area contributed by atoms with E-state index in [1.807, 2.05) is 14.0 Å². The first kappa shape index (κ1) is 17.2. The van der Waals surface area contributed by atoms with Crippen LogP contribution in [0.1, 0.15) is 30.5 Å². The highest BCUT2D eigenvalue weighted by molar-refractivity contribution is 5.77. The Kier molecular flexibility index (Phi) is 5.10. The summed E-state index contributed by atoms with van der Waals surface area (Å²) in [5.74, 6) is 0.943. The Morgan fingerprint density at radius 3 is 2.71 bits per heavy atom. The van der Waals surface area contributed by atoms with Crippen molar-refractivity contribution in [3.05, 3.63) is 11.3 Å². The minimum atomic E-state index is -0.212. The van der Waals surface area contributed by atoms with Crippen LogP contribution in [0, 0.1) is 18.8 Å². The number of carbonyl (C=O) groups excluding carboxylic acids is 1. The van der Waals surface area contributed by atoms with E-state index in [9.17, 15) is 4.79 Å². The third-order valence-electron chi connectivity index (χ3n) is 5.46. The van der Waals surface area contributed by atoms with Crippen LogP contribution in [0.25, 0.3) is 0 Å². The summed E-state index contributed by atoms with van der Waals surface area (Å²) in [4.78, 5) is 14.0. The molecule has 2 fully saturated rings. The summed E-state index contributed by atoms with van der Waals surface area (Å²) in [6, 6.07) is 0. The van der Waals surface area contributed by atoms with Gasteiger partial charge in [-0.2, -0.15) is 5.10 Å². The van der Waals surface area contributed by atoms with Gasteiger partial charge in [0.05, 0.1) is 30.4 Å². The molecule has 2 aliphatic rings. The molecule has 24 heavy (non-hydrogen) atoms. The molecule has 7 heteroatoms. The zero-order chi connectivity index (χ0) is 17.3. The monoisotopic (exact) mass is 336 g/mol. The molecule has 1 aromatic heterocycles. The minimum Gasteiger partial charge on any atom is -0.481 e. The van der Waals surface area contributed by atoms with Crippen LogP contribution in [0.2, 0.25) is 0 Å². The zero-order valence-electron chi connectivity index (χ0n) is 14.8. The maximum absolute atomic E-state index is 11.6. The molecule has 0 saturated carbocycles. The van der Waals surface area contributed by atoms with Gasteiger partial charge in [-0.1, -0.05) is 0 Å². The van der Waals surface area contributed by atoms with Gasteiger partial charge in [0.15, 0.2) is 0 Å². The number of ether oxygens (including phenoxy) is 2. The van der Waals surface area contributed by atoms with Gasteiger partial charge in [-0.15, -0.1) is 0 Å². The van der Waals surface area contributed by atoms with Gasteiger partial charge in [-0.25, -0.2) is 4.68 Å². The van der Waals surface area contributed by atoms with Crippen molar-refractivity contribution in [3.8, 4) is 5.88 Å². The Balaban J connectivity index is 1.59. The van der Waals surface area contributed by atoms with Crippen molar-refractivity contribution in [2.24, 2.45) is 24.6 Å². The highest BCUT2D eigenvalue weighted by Gasteiger charge is 2.39. The van der Waals surface area contributed by atoms with Crippen molar-refractivity contribution >= 4 is 5.91 Å². The molecule has 2 aliphatic heterocycles. The van der Waals surface area contributed by atoms with E-state index < -0.39 is 0 Å². The molecule has 134 valence electrons. The van der Waals surface area contributed by atoms with Crippen LogP contribution >= 0.6 is 0 Å². The second kappa shape index (κ2) is 7.11. The summed E-state index contributed by atoms with van der Waals surface area (Å²) in [5.41, 5.74) is 7.70. The predicted octanol–water partition coefficient (Wildman–Crippen LogP) is 0.840. The molecule has 0 aliphatic carbocycles. The van der Waals surface area contributed by atoms with Crippen molar-refractivity contribution in [2.75, 3.05) is 26.8 Å². The van der Waals surface area contributed by atoms with E-state index in [-0.39, 0.29) is 17.9 Å². The van der Waals surface area contributed by atoms with Crippen LogP contribution in [0.5, 0.6) is 5.88 Å². The minimum absolute atomic E-state index is 0.0133. The molecular weight excluding hydrogens is 308 g/mol. The molecule has 2 atom stereocenters. The highest BCUT2D eigenvalue weighted by atomic mass is 16.5. The van der Waals surface area contributed by atoms with Crippen LogP contribution in [-0.4, -0.2) is 53.5 Å². The number of aromatic nitrogens is 2. The molecule has 3 rings (SSSR count). The third kappa shape index (κ3) is 3.28. The molecule has 1 aromatic rings. The molecule has 0 unspecified atom stereocenters. The lowest BCUT2D eigenvalue weighted by Crippen LogP contribution is -2.42. The number of nitrogens with two attached hydrogens (primary N) is 1. The van der Waals surface area contributed by atoms with E-state index in [1.165, 1.54) is 0 Å². The fraction of sp³-hybridized carbons (Fsp3) is 0.765. The second-order valence-electron chi connectivity index (χ2n) is 6.94. The van der Waals surface area contributed by atoms with Gasteiger partial charge < -0.3 is 15.2 Å². The normalized spacial score (nSPS) is 26.0. The fourth-order valence-corrected chi connectivity index (χ4v) is 4.16. The van der Waals surface area contributed by atoms with Crippen molar-refractivity contribution in [2.45, 2.75) is 38.8 Å². The van der Waals surface area contributed by atoms with Crippen LogP contribution < -0.4 is 10.5 Å². The maximum Gasteiger partial charge on any atom is 0.223 e. The van der Waals surface area contributed by atoms with E-state index in [0.29, 0.717) is 12.5 Å². The smallest absolute Gasteiger partial charge is 0.223 e. The summed E-state index contributed by atoms with van der Waals surface area (Å²) in [6.45, 7) is 5.51. The number of hydrogen-bond acceptors (Lipinski definition) is 5. The van der Waals surface area contributed by atoms with E-state index in [0.717, 1.165) is 56.0 Å². The average molecular weight is 336 g/mol. The molecule has 1 amide bonds. The maximum atomic E-state index is 11.6. The van der Waals surface area contributed by atoms with E-state index >= 15 is 0 Å². The molecule has 0 radical (unpaired) electrons. The lowest BCUT2D eigenvalue weighted by molar-refractivity contribution is -0.124. The van der Waals surface area contributed by atoms with E-state index in [2.05, 4.69) is 10.00 Å². The molecule has 0 aromatic carbocycles. The second-order valence-corrected chi connectivity index (χ2v) is 6.94.